The summed E-state index contributed by atoms with van der Waals surface area (Å²) in [6.45, 7) is 0.0694. The minimum atomic E-state index is -1.74. The molecular weight excluding hydrogens is 447 g/mol. The van der Waals surface area contributed by atoms with Crippen molar-refractivity contribution in [2.75, 3.05) is 6.61 Å². The van der Waals surface area contributed by atoms with Gasteiger partial charge in [0.1, 0.15) is 6.07 Å². The highest BCUT2D eigenvalue weighted by Gasteiger charge is 2.26. The average Bonchev–Trinajstić information content (AvgIpc) is 2.85. The number of carbonyl (C=O) groups is 1. The summed E-state index contributed by atoms with van der Waals surface area (Å²) in [5.74, 6) is -0.911. The molecule has 178 valence electrons. The topological polar surface area (TPSA) is 137 Å². The lowest BCUT2D eigenvalue weighted by Gasteiger charge is -2.17. The van der Waals surface area contributed by atoms with Crippen LogP contribution in [0.4, 0.5) is 4.79 Å². The highest BCUT2D eigenvalue weighted by atomic mass is 16.5. The van der Waals surface area contributed by atoms with E-state index in [1.54, 1.807) is 13.1 Å². The Hall–Kier alpha value is -4.20. The van der Waals surface area contributed by atoms with Crippen molar-refractivity contribution in [2.24, 2.45) is 7.05 Å². The molecule has 1 amide bonds. The number of amides is 1. The third-order valence-electron chi connectivity index (χ3n) is 5.22. The summed E-state index contributed by atoms with van der Waals surface area (Å²) < 4.78 is 6.53. The molecule has 0 bridgehead atoms. The molecule has 0 spiro atoms. The minimum absolute atomic E-state index is 0.0694. The summed E-state index contributed by atoms with van der Waals surface area (Å²) in [7, 11) is -0.157. The van der Waals surface area contributed by atoms with Crippen LogP contribution in [-0.4, -0.2) is 45.4 Å². The molecule has 1 atom stereocenters. The molecule has 0 aliphatic heterocycles. The van der Waals surface area contributed by atoms with Crippen molar-refractivity contribution in [3.8, 4) is 6.07 Å². The monoisotopic (exact) mass is 472 g/mol. The lowest BCUT2D eigenvalue weighted by molar-refractivity contribution is 0.144. The van der Waals surface area contributed by atoms with Crippen LogP contribution >= 0.6 is 0 Å². The number of ether oxygens (including phenoxy) is 1. The van der Waals surface area contributed by atoms with Crippen molar-refractivity contribution in [3.63, 3.8) is 0 Å². The van der Waals surface area contributed by atoms with Gasteiger partial charge in [-0.25, -0.2) is 9.78 Å². The first-order valence-corrected chi connectivity index (χ1v) is 10.9. The zero-order chi connectivity index (χ0) is 25.2. The van der Waals surface area contributed by atoms with E-state index in [1.807, 2.05) is 54.6 Å². The number of rotatable bonds is 9. The Morgan fingerprint density at radius 3 is 2.63 bits per heavy atom. The van der Waals surface area contributed by atoms with E-state index in [0.717, 1.165) is 16.7 Å². The molecule has 3 N–H and O–H groups in total. The van der Waals surface area contributed by atoms with Gasteiger partial charge in [0, 0.05) is 19.5 Å². The molecule has 0 saturated carbocycles. The van der Waals surface area contributed by atoms with Gasteiger partial charge in [0.25, 0.3) is 5.56 Å². The molecule has 0 fully saturated rings. The van der Waals surface area contributed by atoms with Gasteiger partial charge < -0.3 is 24.7 Å². The third kappa shape index (κ3) is 7.67. The van der Waals surface area contributed by atoms with Crippen LogP contribution in [0.25, 0.3) is 11.6 Å². The molecule has 9 nitrogen and oxygen atoms in total. The summed E-state index contributed by atoms with van der Waals surface area (Å²) in [4.78, 5) is 28.1. The number of benzene rings is 2. The van der Waals surface area contributed by atoms with Crippen LogP contribution in [0.1, 0.15) is 22.4 Å². The predicted octanol–water partition coefficient (Wildman–Crippen LogP) is 1.74. The maximum atomic E-state index is 12.2. The normalized spacial score (nSPS) is 11.9. The number of hydrogen-bond acceptors (Lipinski definition) is 7. The molecule has 0 aliphatic rings. The first-order chi connectivity index (χ1) is 16.9. The number of nitriles is 1. The quantitative estimate of drug-likeness (QED) is 0.319. The lowest BCUT2D eigenvalue weighted by Crippen LogP contribution is -2.48. The molecule has 1 heterocycles. The SMILES string of the molecule is Cn1cnc(C(C#N)=Cc2cccc(CCOC(=O)NC(Cc3ccccc3)B(O)O)c2)cc1=O. The first kappa shape index (κ1) is 25.4. The van der Waals surface area contributed by atoms with Crippen LogP contribution in [0.15, 0.2) is 71.8 Å². The third-order valence-corrected chi connectivity index (χ3v) is 5.22. The van der Waals surface area contributed by atoms with Gasteiger partial charge in [-0.05, 0) is 29.2 Å². The molecule has 1 unspecified atom stereocenters. The Kier molecular flexibility index (Phi) is 8.95. The minimum Gasteiger partial charge on any atom is -0.449 e. The van der Waals surface area contributed by atoms with Crippen molar-refractivity contribution in [1.29, 1.82) is 5.26 Å². The van der Waals surface area contributed by atoms with Crippen molar-refractivity contribution in [2.45, 2.75) is 18.8 Å². The number of nitrogens with one attached hydrogen (secondary N) is 1. The zero-order valence-electron chi connectivity index (χ0n) is 19.2. The van der Waals surface area contributed by atoms with Gasteiger partial charge in [0.05, 0.1) is 30.1 Å². The molecule has 0 saturated heterocycles. The molecule has 35 heavy (non-hydrogen) atoms. The number of aromatic nitrogens is 2. The fourth-order valence-electron chi connectivity index (χ4n) is 3.33. The van der Waals surface area contributed by atoms with E-state index >= 15 is 0 Å². The van der Waals surface area contributed by atoms with Crippen molar-refractivity contribution < 1.29 is 19.6 Å². The summed E-state index contributed by atoms with van der Waals surface area (Å²) in [5, 5.41) is 31.2. The molecular formula is C25H25BN4O5. The Morgan fingerprint density at radius 1 is 1.20 bits per heavy atom. The zero-order valence-corrected chi connectivity index (χ0v) is 19.2. The van der Waals surface area contributed by atoms with Crippen molar-refractivity contribution in [3.05, 3.63) is 99.7 Å². The molecule has 2 aromatic carbocycles. The number of aryl methyl sites for hydroxylation is 1. The second kappa shape index (κ2) is 12.3. The first-order valence-electron chi connectivity index (χ1n) is 10.9. The van der Waals surface area contributed by atoms with Crippen LogP contribution < -0.4 is 10.9 Å². The van der Waals surface area contributed by atoms with Gasteiger partial charge in [0.2, 0.25) is 0 Å². The fraction of sp³-hybridized carbons (Fsp3) is 0.200. The van der Waals surface area contributed by atoms with E-state index in [-0.39, 0.29) is 29.9 Å². The second-order valence-corrected chi connectivity index (χ2v) is 7.88. The maximum absolute atomic E-state index is 12.2. The van der Waals surface area contributed by atoms with E-state index in [9.17, 15) is 24.9 Å². The van der Waals surface area contributed by atoms with Crippen molar-refractivity contribution >= 4 is 24.9 Å². The molecule has 0 radical (unpaired) electrons. The molecule has 10 heteroatoms. The van der Waals surface area contributed by atoms with Gasteiger partial charge in [-0.3, -0.25) is 4.79 Å². The number of carbonyl (C=O) groups excluding carboxylic acids is 1. The highest BCUT2D eigenvalue weighted by Crippen LogP contribution is 2.16. The fourth-order valence-corrected chi connectivity index (χ4v) is 3.33. The van der Waals surface area contributed by atoms with Gasteiger partial charge in [0.15, 0.2) is 0 Å². The smallest absolute Gasteiger partial charge is 0.449 e. The number of nitrogens with zero attached hydrogens (tertiary/aromatic N) is 3. The van der Waals surface area contributed by atoms with Gasteiger partial charge in [-0.15, -0.1) is 0 Å². The summed E-state index contributed by atoms with van der Waals surface area (Å²) in [5.41, 5.74) is 2.72. The standard InChI is InChI=1S/C25H25BN4O5/c1-30-17-28-22(15-24(30)31)21(16-27)13-20-9-5-8-19(12-20)10-11-35-25(32)29-23(26(33)34)14-18-6-3-2-4-7-18/h2-9,12-13,15,17,23,33-34H,10-11,14H2,1H3,(H,29,32). The molecule has 3 aromatic rings. The Balaban J connectivity index is 1.58. The van der Waals surface area contributed by atoms with E-state index in [1.165, 1.54) is 17.0 Å². The van der Waals surface area contributed by atoms with E-state index in [2.05, 4.69) is 16.4 Å². The van der Waals surface area contributed by atoms with Crippen LogP contribution in [0.3, 0.4) is 0 Å². The summed E-state index contributed by atoms with van der Waals surface area (Å²) in [6.07, 6.45) is 2.90. The van der Waals surface area contributed by atoms with E-state index in [4.69, 9.17) is 4.74 Å². The van der Waals surface area contributed by atoms with Gasteiger partial charge >= 0.3 is 13.2 Å². The molecule has 1 aromatic heterocycles. The average molecular weight is 472 g/mol. The summed E-state index contributed by atoms with van der Waals surface area (Å²) in [6, 6.07) is 19.9. The van der Waals surface area contributed by atoms with E-state index < -0.39 is 19.2 Å². The lowest BCUT2D eigenvalue weighted by atomic mass is 9.76. The van der Waals surface area contributed by atoms with Crippen LogP contribution in [0.2, 0.25) is 0 Å². The number of alkyl carbamates (subject to hydrolysis) is 1. The van der Waals surface area contributed by atoms with E-state index in [0.29, 0.717) is 6.42 Å². The second-order valence-electron chi connectivity index (χ2n) is 7.88. The van der Waals surface area contributed by atoms with Crippen LogP contribution in [0, 0.1) is 11.3 Å². The Morgan fingerprint density at radius 2 is 1.94 bits per heavy atom. The highest BCUT2D eigenvalue weighted by molar-refractivity contribution is 6.43. The number of hydrogen-bond donors (Lipinski definition) is 3. The van der Waals surface area contributed by atoms with Crippen molar-refractivity contribution in [1.82, 2.24) is 14.9 Å². The van der Waals surface area contributed by atoms with Crippen LogP contribution in [-0.2, 0) is 24.6 Å². The molecule has 0 aliphatic carbocycles. The Bertz CT molecular complexity index is 1280. The van der Waals surface area contributed by atoms with Gasteiger partial charge in [-0.2, -0.15) is 5.26 Å². The van der Waals surface area contributed by atoms with Gasteiger partial charge in [-0.1, -0.05) is 54.6 Å². The Labute approximate surface area is 203 Å². The van der Waals surface area contributed by atoms with Crippen LogP contribution in [0.5, 0.6) is 0 Å². The number of allylic oxidation sites excluding steroid dienone is 1. The molecule has 3 rings (SSSR count). The largest absolute Gasteiger partial charge is 0.475 e. The maximum Gasteiger partial charge on any atom is 0.475 e. The summed E-state index contributed by atoms with van der Waals surface area (Å²) >= 11 is 0. The predicted molar refractivity (Wildman–Crippen MR) is 132 cm³/mol.